The summed E-state index contributed by atoms with van der Waals surface area (Å²) < 4.78 is 5.92. The number of rotatable bonds is 2. The summed E-state index contributed by atoms with van der Waals surface area (Å²) in [6.45, 7) is 6.11. The Balaban J connectivity index is 2.07. The van der Waals surface area contributed by atoms with Gasteiger partial charge < -0.3 is 9.64 Å². The predicted molar refractivity (Wildman–Crippen MR) is 89.7 cm³/mol. The maximum absolute atomic E-state index is 12.3. The van der Waals surface area contributed by atoms with Crippen LogP contribution in [0.3, 0.4) is 0 Å². The molecule has 2 amide bonds. The van der Waals surface area contributed by atoms with E-state index in [-0.39, 0.29) is 12.5 Å². The van der Waals surface area contributed by atoms with Crippen molar-refractivity contribution < 1.29 is 19.1 Å². The molecule has 2 rings (SSSR count). The molecule has 0 radical (unpaired) electrons. The van der Waals surface area contributed by atoms with Gasteiger partial charge in [0.25, 0.3) is 0 Å². The van der Waals surface area contributed by atoms with Crippen LogP contribution in [0.2, 0.25) is 0 Å². The van der Waals surface area contributed by atoms with Crippen molar-refractivity contribution in [3.05, 3.63) is 28.2 Å². The Kier molecular flexibility index (Phi) is 5.09. The number of hydrogen-bond acceptors (Lipinski definition) is 4. The van der Waals surface area contributed by atoms with Gasteiger partial charge in [-0.3, -0.25) is 14.5 Å². The second-order valence-corrected chi connectivity index (χ2v) is 7.13. The molecule has 0 spiro atoms. The van der Waals surface area contributed by atoms with Gasteiger partial charge in [0.1, 0.15) is 12.1 Å². The van der Waals surface area contributed by atoms with Gasteiger partial charge in [0.15, 0.2) is 6.29 Å². The molecule has 6 nitrogen and oxygen atoms in total. The molecular weight excluding hydrogens is 364 g/mol. The van der Waals surface area contributed by atoms with Crippen LogP contribution in [-0.2, 0) is 9.53 Å². The third-order valence-corrected chi connectivity index (χ3v) is 3.98. The second-order valence-electron chi connectivity index (χ2n) is 6.27. The summed E-state index contributed by atoms with van der Waals surface area (Å²) in [6, 6.07) is 5.10. The Bertz CT molecular complexity index is 639. The summed E-state index contributed by atoms with van der Waals surface area (Å²) in [7, 11) is 0. The Morgan fingerprint density at radius 2 is 2.00 bits per heavy atom. The summed E-state index contributed by atoms with van der Waals surface area (Å²) in [5.74, 6) is -0.187. The van der Waals surface area contributed by atoms with Gasteiger partial charge in [-0.05, 0) is 54.9 Å². The Hall–Kier alpha value is -1.89. The van der Waals surface area contributed by atoms with E-state index >= 15 is 0 Å². The van der Waals surface area contributed by atoms with E-state index < -0.39 is 11.7 Å². The minimum Gasteiger partial charge on any atom is -0.444 e. The van der Waals surface area contributed by atoms with Gasteiger partial charge in [0, 0.05) is 28.8 Å². The van der Waals surface area contributed by atoms with E-state index in [4.69, 9.17) is 4.74 Å². The Morgan fingerprint density at radius 3 is 2.52 bits per heavy atom. The molecule has 0 aromatic heterocycles. The van der Waals surface area contributed by atoms with Crippen LogP contribution in [0.4, 0.5) is 10.5 Å². The molecule has 1 fully saturated rings. The fraction of sp³-hybridized carbons (Fsp3) is 0.438. The maximum Gasteiger partial charge on any atom is 0.410 e. The predicted octanol–water partition coefficient (Wildman–Crippen LogP) is 2.85. The van der Waals surface area contributed by atoms with Crippen molar-refractivity contribution in [3.63, 3.8) is 0 Å². The number of anilines is 1. The van der Waals surface area contributed by atoms with Gasteiger partial charge in [-0.2, -0.15) is 0 Å². The molecule has 1 aliphatic rings. The van der Waals surface area contributed by atoms with Crippen molar-refractivity contribution in [2.24, 2.45) is 0 Å². The van der Waals surface area contributed by atoms with Gasteiger partial charge >= 0.3 is 6.09 Å². The van der Waals surface area contributed by atoms with E-state index in [0.717, 1.165) is 6.29 Å². The normalized spacial score (nSPS) is 15.6. The molecule has 1 aromatic carbocycles. The Labute approximate surface area is 143 Å². The highest BCUT2D eigenvalue weighted by Crippen LogP contribution is 2.25. The monoisotopic (exact) mass is 382 g/mol. The zero-order valence-electron chi connectivity index (χ0n) is 13.3. The summed E-state index contributed by atoms with van der Waals surface area (Å²) in [6.07, 6.45) is 0.263. The zero-order valence-corrected chi connectivity index (χ0v) is 14.9. The summed E-state index contributed by atoms with van der Waals surface area (Å²) in [5.41, 5.74) is 0.622. The highest BCUT2D eigenvalue weighted by atomic mass is 79.9. The molecule has 0 N–H and O–H groups in total. The van der Waals surface area contributed by atoms with Gasteiger partial charge in [0.2, 0.25) is 5.91 Å². The van der Waals surface area contributed by atoms with E-state index in [1.54, 1.807) is 43.9 Å². The van der Waals surface area contributed by atoms with E-state index in [1.807, 2.05) is 0 Å². The number of amides is 2. The largest absolute Gasteiger partial charge is 0.444 e. The molecule has 23 heavy (non-hydrogen) atoms. The van der Waals surface area contributed by atoms with Crippen LogP contribution in [0, 0.1) is 0 Å². The molecule has 7 heteroatoms. The number of benzene rings is 1. The van der Waals surface area contributed by atoms with Crippen molar-refractivity contribution in [1.29, 1.82) is 0 Å². The van der Waals surface area contributed by atoms with E-state index in [1.165, 1.54) is 4.90 Å². The van der Waals surface area contributed by atoms with Crippen molar-refractivity contribution in [2.45, 2.75) is 26.4 Å². The van der Waals surface area contributed by atoms with Crippen molar-refractivity contribution in [2.75, 3.05) is 24.5 Å². The molecule has 1 saturated heterocycles. The molecule has 1 aromatic rings. The number of piperazine rings is 1. The lowest BCUT2D eigenvalue weighted by atomic mass is 10.2. The highest BCUT2D eigenvalue weighted by Gasteiger charge is 2.31. The third-order valence-electron chi connectivity index (χ3n) is 3.30. The average molecular weight is 383 g/mol. The number of ether oxygens (including phenoxy) is 1. The fourth-order valence-electron chi connectivity index (χ4n) is 2.21. The zero-order chi connectivity index (χ0) is 17.2. The lowest BCUT2D eigenvalue weighted by Crippen LogP contribution is -2.53. The molecule has 124 valence electrons. The van der Waals surface area contributed by atoms with Crippen LogP contribution in [0.15, 0.2) is 22.7 Å². The van der Waals surface area contributed by atoms with Crippen molar-refractivity contribution >= 4 is 39.9 Å². The number of halogens is 1. The van der Waals surface area contributed by atoms with Crippen LogP contribution in [0.5, 0.6) is 0 Å². The van der Waals surface area contributed by atoms with Gasteiger partial charge in [-0.25, -0.2) is 4.79 Å². The minimum atomic E-state index is -0.590. The molecule has 0 bridgehead atoms. The van der Waals surface area contributed by atoms with E-state index in [9.17, 15) is 14.4 Å². The summed E-state index contributed by atoms with van der Waals surface area (Å²) >= 11 is 3.31. The topological polar surface area (TPSA) is 66.9 Å². The van der Waals surface area contributed by atoms with Crippen LogP contribution >= 0.6 is 15.9 Å². The van der Waals surface area contributed by atoms with E-state index in [0.29, 0.717) is 28.8 Å². The number of carbonyl (C=O) groups excluding carboxylic acids is 3. The number of aldehydes is 1. The lowest BCUT2D eigenvalue weighted by Gasteiger charge is -2.35. The smallest absolute Gasteiger partial charge is 0.410 e. The fourth-order valence-corrected chi connectivity index (χ4v) is 2.67. The number of carbonyl (C=O) groups is 3. The first-order valence-electron chi connectivity index (χ1n) is 7.24. The van der Waals surface area contributed by atoms with Gasteiger partial charge in [-0.15, -0.1) is 0 Å². The summed E-state index contributed by atoms with van der Waals surface area (Å²) in [4.78, 5) is 38.2. The average Bonchev–Trinajstić information content (AvgIpc) is 2.45. The van der Waals surface area contributed by atoms with Crippen LogP contribution in [0.25, 0.3) is 0 Å². The van der Waals surface area contributed by atoms with Crippen LogP contribution in [-0.4, -0.2) is 48.4 Å². The lowest BCUT2D eigenvalue weighted by molar-refractivity contribution is -0.121. The van der Waals surface area contributed by atoms with Crippen molar-refractivity contribution in [1.82, 2.24) is 4.90 Å². The second kappa shape index (κ2) is 6.70. The maximum atomic E-state index is 12.3. The first kappa shape index (κ1) is 17.5. The molecule has 1 heterocycles. The summed E-state index contributed by atoms with van der Waals surface area (Å²) in [5, 5.41) is 0. The molecule has 0 saturated carbocycles. The highest BCUT2D eigenvalue weighted by molar-refractivity contribution is 9.10. The minimum absolute atomic E-state index is 0.0258. The Morgan fingerprint density at radius 1 is 1.30 bits per heavy atom. The first-order valence-corrected chi connectivity index (χ1v) is 8.03. The molecule has 0 unspecified atom stereocenters. The SMILES string of the molecule is CC(C)(C)OC(=O)N1CCN(c2ccc(C=O)c(Br)c2)C(=O)C1. The molecule has 0 atom stereocenters. The van der Waals surface area contributed by atoms with E-state index in [2.05, 4.69) is 15.9 Å². The number of nitrogens with zero attached hydrogens (tertiary/aromatic N) is 2. The standard InChI is InChI=1S/C16H19BrN2O4/c1-16(2,3)23-15(22)18-6-7-19(14(21)9-18)12-5-4-11(10-20)13(17)8-12/h4-5,8,10H,6-7,9H2,1-3H3. The van der Waals surface area contributed by atoms with Gasteiger partial charge in [0.05, 0.1) is 0 Å². The number of hydrogen-bond donors (Lipinski definition) is 0. The molecule has 1 aliphatic heterocycles. The van der Waals surface area contributed by atoms with Crippen molar-refractivity contribution in [3.8, 4) is 0 Å². The molecular formula is C16H19BrN2O4. The van der Waals surface area contributed by atoms with Gasteiger partial charge in [-0.1, -0.05) is 0 Å². The first-order chi connectivity index (χ1) is 10.7. The van der Waals surface area contributed by atoms with Crippen LogP contribution in [0.1, 0.15) is 31.1 Å². The quantitative estimate of drug-likeness (QED) is 0.737. The molecule has 0 aliphatic carbocycles. The van der Waals surface area contributed by atoms with Crippen LogP contribution < -0.4 is 4.90 Å². The third kappa shape index (κ3) is 4.31.